The topological polar surface area (TPSA) is 43.4 Å². The maximum atomic E-state index is 11.9. The first kappa shape index (κ1) is 13.9. The molecule has 3 nitrogen and oxygen atoms in total. The zero-order chi connectivity index (χ0) is 12.9. The van der Waals surface area contributed by atoms with E-state index >= 15 is 0 Å². The summed E-state index contributed by atoms with van der Waals surface area (Å²) in [5, 5.41) is 0. The monoisotopic (exact) mass is 238 g/mol. The van der Waals surface area contributed by atoms with E-state index in [0.717, 1.165) is 19.3 Å². The second kappa shape index (κ2) is 5.99. The summed E-state index contributed by atoms with van der Waals surface area (Å²) < 4.78 is 4.72. The van der Waals surface area contributed by atoms with Gasteiger partial charge < -0.3 is 4.74 Å². The molecule has 0 unspecified atom stereocenters. The Kier molecular flexibility index (Phi) is 4.91. The molecule has 96 valence electrons. The summed E-state index contributed by atoms with van der Waals surface area (Å²) in [7, 11) is 1.40. The van der Waals surface area contributed by atoms with Gasteiger partial charge in [0, 0.05) is 12.3 Å². The normalized spacial score (nSPS) is 28.9. The number of methoxy groups -OCH3 is 1. The van der Waals surface area contributed by atoms with Crippen molar-refractivity contribution in [2.45, 2.75) is 46.0 Å². The SMILES string of the molecule is CC/C=C\C[C@H]1C(=O)CC[C@]1(C)CC(=O)OC. The average Bonchev–Trinajstić information content (AvgIpc) is 2.57. The number of allylic oxidation sites excluding steroid dienone is 2. The number of hydrogen-bond acceptors (Lipinski definition) is 3. The lowest BCUT2D eigenvalue weighted by Gasteiger charge is -2.28. The third-order valence-corrected chi connectivity index (χ3v) is 3.72. The highest BCUT2D eigenvalue weighted by Gasteiger charge is 2.45. The highest BCUT2D eigenvalue weighted by Crippen LogP contribution is 2.45. The number of carbonyl (C=O) groups excluding carboxylic acids is 2. The molecule has 1 saturated carbocycles. The van der Waals surface area contributed by atoms with Gasteiger partial charge in [0.05, 0.1) is 13.5 Å². The van der Waals surface area contributed by atoms with Crippen LogP contribution in [-0.4, -0.2) is 18.9 Å². The lowest BCUT2D eigenvalue weighted by molar-refractivity contribution is -0.143. The van der Waals surface area contributed by atoms with Crippen LogP contribution in [0.2, 0.25) is 0 Å². The van der Waals surface area contributed by atoms with Crippen molar-refractivity contribution in [3.63, 3.8) is 0 Å². The highest BCUT2D eigenvalue weighted by molar-refractivity contribution is 5.85. The third kappa shape index (κ3) is 3.42. The predicted octanol–water partition coefficient (Wildman–Crippen LogP) is 2.89. The van der Waals surface area contributed by atoms with E-state index in [4.69, 9.17) is 4.74 Å². The molecule has 2 atom stereocenters. The van der Waals surface area contributed by atoms with Crippen LogP contribution in [0, 0.1) is 11.3 Å². The van der Waals surface area contributed by atoms with Gasteiger partial charge in [-0.25, -0.2) is 0 Å². The van der Waals surface area contributed by atoms with Gasteiger partial charge in [0.1, 0.15) is 5.78 Å². The first-order valence-electron chi connectivity index (χ1n) is 6.28. The molecule has 0 heterocycles. The molecule has 0 aromatic carbocycles. The molecular weight excluding hydrogens is 216 g/mol. The first-order chi connectivity index (χ1) is 8.03. The molecule has 1 fully saturated rings. The zero-order valence-electron chi connectivity index (χ0n) is 11.0. The Labute approximate surface area is 103 Å². The summed E-state index contributed by atoms with van der Waals surface area (Å²) in [6.07, 6.45) is 7.60. The lowest BCUT2D eigenvalue weighted by atomic mass is 9.75. The van der Waals surface area contributed by atoms with Gasteiger partial charge in [0.25, 0.3) is 0 Å². The largest absolute Gasteiger partial charge is 0.469 e. The van der Waals surface area contributed by atoms with Crippen LogP contribution in [0.1, 0.15) is 46.0 Å². The summed E-state index contributed by atoms with van der Waals surface area (Å²) in [6.45, 7) is 4.10. The number of ketones is 1. The van der Waals surface area contributed by atoms with E-state index in [0.29, 0.717) is 12.8 Å². The van der Waals surface area contributed by atoms with Crippen molar-refractivity contribution in [1.82, 2.24) is 0 Å². The van der Waals surface area contributed by atoms with Gasteiger partial charge in [-0.1, -0.05) is 26.0 Å². The highest BCUT2D eigenvalue weighted by atomic mass is 16.5. The molecule has 1 rings (SSSR count). The summed E-state index contributed by atoms with van der Waals surface area (Å²) in [5.41, 5.74) is -0.220. The molecule has 0 bridgehead atoms. The Morgan fingerprint density at radius 1 is 1.53 bits per heavy atom. The molecular formula is C14H22O3. The average molecular weight is 238 g/mol. The van der Waals surface area contributed by atoms with Crippen LogP contribution >= 0.6 is 0 Å². The molecule has 0 N–H and O–H groups in total. The van der Waals surface area contributed by atoms with Crippen molar-refractivity contribution in [3.8, 4) is 0 Å². The fourth-order valence-electron chi connectivity index (χ4n) is 2.57. The molecule has 0 aromatic rings. The van der Waals surface area contributed by atoms with E-state index in [2.05, 4.69) is 19.1 Å². The summed E-state index contributed by atoms with van der Waals surface area (Å²) in [5.74, 6) is 0.0493. The molecule has 0 amide bonds. The van der Waals surface area contributed by atoms with E-state index in [1.807, 2.05) is 6.92 Å². The summed E-state index contributed by atoms with van der Waals surface area (Å²) in [4.78, 5) is 23.3. The predicted molar refractivity (Wildman–Crippen MR) is 66.5 cm³/mol. The van der Waals surface area contributed by atoms with Gasteiger partial charge in [-0.3, -0.25) is 9.59 Å². The molecule has 0 saturated heterocycles. The standard InChI is InChI=1S/C14H22O3/c1-4-5-6-7-11-12(15)8-9-14(11,2)10-13(16)17-3/h5-6,11H,4,7-10H2,1-3H3/b6-5-/t11-,14+/m0/s1. The second-order valence-corrected chi connectivity index (χ2v) is 5.04. The van der Waals surface area contributed by atoms with E-state index in [-0.39, 0.29) is 23.1 Å². The van der Waals surface area contributed by atoms with Crippen molar-refractivity contribution in [3.05, 3.63) is 12.2 Å². The first-order valence-corrected chi connectivity index (χ1v) is 6.28. The van der Waals surface area contributed by atoms with Gasteiger partial charge in [-0.05, 0) is 24.7 Å². The molecule has 17 heavy (non-hydrogen) atoms. The summed E-state index contributed by atoms with van der Waals surface area (Å²) >= 11 is 0. The van der Waals surface area contributed by atoms with Gasteiger partial charge in [-0.2, -0.15) is 0 Å². The Balaban J connectivity index is 2.71. The zero-order valence-corrected chi connectivity index (χ0v) is 11.0. The second-order valence-electron chi connectivity index (χ2n) is 5.04. The molecule has 1 aliphatic carbocycles. The minimum Gasteiger partial charge on any atom is -0.469 e. The molecule has 0 spiro atoms. The van der Waals surface area contributed by atoms with Crippen LogP contribution in [0.4, 0.5) is 0 Å². The van der Waals surface area contributed by atoms with Gasteiger partial charge in [-0.15, -0.1) is 0 Å². The number of carbonyl (C=O) groups is 2. The number of ether oxygens (including phenoxy) is 1. The van der Waals surface area contributed by atoms with Crippen LogP contribution in [-0.2, 0) is 14.3 Å². The minimum absolute atomic E-state index is 0.0237. The Morgan fingerprint density at radius 2 is 2.24 bits per heavy atom. The van der Waals surface area contributed by atoms with Crippen molar-refractivity contribution >= 4 is 11.8 Å². The van der Waals surface area contributed by atoms with Gasteiger partial charge in [0.2, 0.25) is 0 Å². The smallest absolute Gasteiger partial charge is 0.306 e. The van der Waals surface area contributed by atoms with E-state index in [1.54, 1.807) is 0 Å². The maximum absolute atomic E-state index is 11.9. The molecule has 0 radical (unpaired) electrons. The van der Waals surface area contributed by atoms with Crippen molar-refractivity contribution in [1.29, 1.82) is 0 Å². The fourth-order valence-corrected chi connectivity index (χ4v) is 2.57. The van der Waals surface area contributed by atoms with Gasteiger partial charge in [0.15, 0.2) is 0 Å². The van der Waals surface area contributed by atoms with Crippen LogP contribution in [0.15, 0.2) is 12.2 Å². The van der Waals surface area contributed by atoms with Crippen molar-refractivity contribution in [2.75, 3.05) is 7.11 Å². The quantitative estimate of drug-likeness (QED) is 0.546. The van der Waals surface area contributed by atoms with Crippen molar-refractivity contribution in [2.24, 2.45) is 11.3 Å². The van der Waals surface area contributed by atoms with E-state index < -0.39 is 0 Å². The number of hydrogen-bond donors (Lipinski definition) is 0. The molecule has 3 heteroatoms. The third-order valence-electron chi connectivity index (χ3n) is 3.72. The van der Waals surface area contributed by atoms with E-state index in [9.17, 15) is 9.59 Å². The number of rotatable bonds is 5. The van der Waals surface area contributed by atoms with Crippen LogP contribution in [0.5, 0.6) is 0 Å². The fraction of sp³-hybridized carbons (Fsp3) is 0.714. The van der Waals surface area contributed by atoms with Gasteiger partial charge >= 0.3 is 5.97 Å². The van der Waals surface area contributed by atoms with Crippen molar-refractivity contribution < 1.29 is 14.3 Å². The van der Waals surface area contributed by atoms with Crippen LogP contribution < -0.4 is 0 Å². The molecule has 0 aromatic heterocycles. The van der Waals surface area contributed by atoms with Crippen LogP contribution in [0.3, 0.4) is 0 Å². The summed E-state index contributed by atoms with van der Waals surface area (Å²) in [6, 6.07) is 0. The Hall–Kier alpha value is -1.12. The molecule has 1 aliphatic rings. The molecule has 0 aliphatic heterocycles. The number of Topliss-reactive ketones (excluding diaryl/α,β-unsaturated/α-hetero) is 1. The minimum atomic E-state index is -0.220. The van der Waals surface area contributed by atoms with E-state index in [1.165, 1.54) is 7.11 Å². The lowest BCUT2D eigenvalue weighted by Crippen LogP contribution is -2.28. The Bertz CT molecular complexity index is 319. The Morgan fingerprint density at radius 3 is 2.82 bits per heavy atom. The maximum Gasteiger partial charge on any atom is 0.306 e. The number of esters is 1. The van der Waals surface area contributed by atoms with Crippen LogP contribution in [0.25, 0.3) is 0 Å².